The molecule has 9 heteroatoms. The molecule has 0 atom stereocenters. The summed E-state index contributed by atoms with van der Waals surface area (Å²) in [5.41, 5.74) is 4.56. The summed E-state index contributed by atoms with van der Waals surface area (Å²) in [6.07, 6.45) is 9.67. The highest BCUT2D eigenvalue weighted by Crippen LogP contribution is 2.31. The van der Waals surface area contributed by atoms with Gasteiger partial charge in [-0.3, -0.25) is 9.59 Å². The van der Waals surface area contributed by atoms with Crippen molar-refractivity contribution in [3.8, 4) is 11.1 Å². The molecular weight excluding hydrogens is 418 g/mol. The van der Waals surface area contributed by atoms with Gasteiger partial charge < -0.3 is 15.6 Å². The number of amides is 2. The zero-order valence-corrected chi connectivity index (χ0v) is 18.1. The number of H-pyrrole nitrogens is 1. The van der Waals surface area contributed by atoms with Crippen molar-refractivity contribution >= 4 is 28.4 Å². The molecule has 0 aliphatic heterocycles. The topological polar surface area (TPSA) is 117 Å². The lowest BCUT2D eigenvalue weighted by atomic mass is 9.85. The highest BCUT2D eigenvalue weighted by Gasteiger charge is 2.26. The summed E-state index contributed by atoms with van der Waals surface area (Å²) < 4.78 is 1.60. The second-order valence-electron chi connectivity index (χ2n) is 8.35. The number of rotatable bonds is 6. The predicted octanol–water partition coefficient (Wildman–Crippen LogP) is 2.75. The lowest BCUT2D eigenvalue weighted by Crippen LogP contribution is -2.40. The van der Waals surface area contributed by atoms with Crippen molar-refractivity contribution < 1.29 is 9.59 Å². The maximum absolute atomic E-state index is 12.7. The average Bonchev–Trinajstić information content (AvgIpc) is 3.47. The third kappa shape index (κ3) is 4.21. The van der Waals surface area contributed by atoms with Gasteiger partial charge >= 0.3 is 0 Å². The third-order valence-electron chi connectivity index (χ3n) is 6.26. The van der Waals surface area contributed by atoms with E-state index in [9.17, 15) is 9.59 Å². The van der Waals surface area contributed by atoms with Crippen molar-refractivity contribution in [3.05, 3.63) is 61.2 Å². The van der Waals surface area contributed by atoms with E-state index >= 15 is 0 Å². The van der Waals surface area contributed by atoms with Crippen molar-refractivity contribution in [1.29, 1.82) is 0 Å². The summed E-state index contributed by atoms with van der Waals surface area (Å²) >= 11 is 0. The molecular formula is C24H25N7O2. The molecule has 3 N–H and O–H groups in total. The van der Waals surface area contributed by atoms with Crippen LogP contribution in [0.2, 0.25) is 0 Å². The van der Waals surface area contributed by atoms with Crippen LogP contribution < -0.4 is 10.6 Å². The zero-order valence-electron chi connectivity index (χ0n) is 18.1. The van der Waals surface area contributed by atoms with E-state index in [1.165, 1.54) is 6.08 Å². The Balaban J connectivity index is 1.26. The number of pyridine rings is 1. The van der Waals surface area contributed by atoms with Crippen molar-refractivity contribution in [1.82, 2.24) is 35.4 Å². The van der Waals surface area contributed by atoms with Crippen LogP contribution in [0.4, 0.5) is 0 Å². The van der Waals surface area contributed by atoms with E-state index < -0.39 is 0 Å². The van der Waals surface area contributed by atoms with Crippen molar-refractivity contribution in [2.75, 3.05) is 0 Å². The number of aromatic nitrogens is 5. The molecule has 1 saturated carbocycles. The fourth-order valence-electron chi connectivity index (χ4n) is 4.54. The molecule has 4 aromatic rings. The van der Waals surface area contributed by atoms with E-state index in [-0.39, 0.29) is 23.8 Å². The maximum atomic E-state index is 12.7. The van der Waals surface area contributed by atoms with Crippen LogP contribution in [0.3, 0.4) is 0 Å². The Labute approximate surface area is 190 Å². The highest BCUT2D eigenvalue weighted by molar-refractivity contribution is 5.97. The molecule has 1 aliphatic rings. The molecule has 1 aliphatic carbocycles. The maximum Gasteiger partial charge on any atom is 0.243 e. The van der Waals surface area contributed by atoms with Gasteiger partial charge in [-0.25, -0.2) is 4.98 Å². The fraction of sp³-hybridized carbons (Fsp3) is 0.292. The van der Waals surface area contributed by atoms with Crippen LogP contribution in [0.1, 0.15) is 31.4 Å². The van der Waals surface area contributed by atoms with Crippen LogP contribution >= 0.6 is 0 Å². The minimum atomic E-state index is -0.157. The van der Waals surface area contributed by atoms with Crippen LogP contribution in [-0.2, 0) is 16.1 Å². The Hall–Kier alpha value is -4.01. The van der Waals surface area contributed by atoms with Gasteiger partial charge in [-0.2, -0.15) is 14.8 Å². The van der Waals surface area contributed by atoms with E-state index in [1.54, 1.807) is 23.2 Å². The number of carbonyl (C=O) groups is 2. The summed E-state index contributed by atoms with van der Waals surface area (Å²) in [6, 6.07) is 7.98. The standard InChI is InChI=1S/C24H25N7O2/c1-2-22(32)29-16-7-5-15(6-8-16)24(33)26-13-17-12-19-18(9-11-25-23(19)30-17)20-14-28-31-21(20)4-3-10-27-31/h2-4,9-12,14-16H,1,5-8,13H2,(H,25,30)(H,26,33)(H,29,32). The van der Waals surface area contributed by atoms with Crippen molar-refractivity contribution in [2.45, 2.75) is 38.3 Å². The first kappa shape index (κ1) is 20.9. The lowest BCUT2D eigenvalue weighted by molar-refractivity contribution is -0.126. The van der Waals surface area contributed by atoms with Crippen LogP contribution in [-0.4, -0.2) is 42.7 Å². The van der Waals surface area contributed by atoms with E-state index in [1.807, 2.05) is 24.3 Å². The van der Waals surface area contributed by atoms with Gasteiger partial charge in [0, 0.05) is 41.0 Å². The van der Waals surface area contributed by atoms with Gasteiger partial charge in [0.1, 0.15) is 5.65 Å². The van der Waals surface area contributed by atoms with Gasteiger partial charge in [0.25, 0.3) is 0 Å². The smallest absolute Gasteiger partial charge is 0.243 e. The molecule has 0 saturated heterocycles. The number of fused-ring (bicyclic) bond motifs is 2. The first-order valence-corrected chi connectivity index (χ1v) is 11.1. The summed E-state index contributed by atoms with van der Waals surface area (Å²) in [7, 11) is 0. The zero-order chi connectivity index (χ0) is 22.8. The molecule has 0 radical (unpaired) electrons. The number of hydrogen-bond donors (Lipinski definition) is 3. The van der Waals surface area contributed by atoms with Gasteiger partial charge in [-0.1, -0.05) is 6.58 Å². The van der Waals surface area contributed by atoms with E-state index in [0.717, 1.165) is 59.1 Å². The normalized spacial score (nSPS) is 18.3. The van der Waals surface area contributed by atoms with Gasteiger partial charge in [-0.05, 0) is 61.6 Å². The summed E-state index contributed by atoms with van der Waals surface area (Å²) in [6.45, 7) is 3.88. The Morgan fingerprint density at radius 3 is 2.82 bits per heavy atom. The molecule has 33 heavy (non-hydrogen) atoms. The Morgan fingerprint density at radius 1 is 1.15 bits per heavy atom. The van der Waals surface area contributed by atoms with Crippen LogP contribution in [0.25, 0.3) is 27.7 Å². The molecule has 9 nitrogen and oxygen atoms in total. The van der Waals surface area contributed by atoms with Gasteiger partial charge in [0.2, 0.25) is 11.8 Å². The SMILES string of the molecule is C=CC(=O)NC1CCC(C(=O)NCc2cc3c(-c4cnn5ncccc45)ccnc3[nH]2)CC1. The van der Waals surface area contributed by atoms with E-state index in [0.29, 0.717) is 6.54 Å². The number of carbonyl (C=O) groups excluding carboxylic acids is 2. The number of nitrogens with zero attached hydrogens (tertiary/aromatic N) is 4. The summed E-state index contributed by atoms with van der Waals surface area (Å²) in [4.78, 5) is 31.9. The molecule has 4 aromatic heterocycles. The highest BCUT2D eigenvalue weighted by atomic mass is 16.2. The summed E-state index contributed by atoms with van der Waals surface area (Å²) in [5.74, 6) is -0.148. The van der Waals surface area contributed by atoms with Gasteiger partial charge in [0.15, 0.2) is 0 Å². The quantitative estimate of drug-likeness (QED) is 0.396. The van der Waals surface area contributed by atoms with Gasteiger partial charge in [-0.15, -0.1) is 0 Å². The van der Waals surface area contributed by atoms with E-state index in [2.05, 4.69) is 37.4 Å². The third-order valence-corrected chi connectivity index (χ3v) is 6.26. The molecule has 0 bridgehead atoms. The Kier molecular flexibility index (Phi) is 5.60. The van der Waals surface area contributed by atoms with Crippen molar-refractivity contribution in [3.63, 3.8) is 0 Å². The van der Waals surface area contributed by atoms with Crippen LogP contribution in [0.15, 0.2) is 55.5 Å². The molecule has 2 amide bonds. The number of hydrogen-bond acceptors (Lipinski definition) is 5. The average molecular weight is 444 g/mol. The molecule has 0 spiro atoms. The Bertz CT molecular complexity index is 1330. The molecule has 5 rings (SSSR count). The molecule has 0 unspecified atom stereocenters. The fourth-order valence-corrected chi connectivity index (χ4v) is 4.54. The first-order valence-electron chi connectivity index (χ1n) is 11.1. The lowest BCUT2D eigenvalue weighted by Gasteiger charge is -2.28. The number of aromatic amines is 1. The number of nitrogens with one attached hydrogen (secondary N) is 3. The van der Waals surface area contributed by atoms with Crippen molar-refractivity contribution in [2.24, 2.45) is 5.92 Å². The van der Waals surface area contributed by atoms with Gasteiger partial charge in [0.05, 0.1) is 18.3 Å². The second-order valence-corrected chi connectivity index (χ2v) is 8.35. The van der Waals surface area contributed by atoms with Crippen LogP contribution in [0, 0.1) is 5.92 Å². The largest absolute Gasteiger partial charge is 0.350 e. The first-order chi connectivity index (χ1) is 16.1. The minimum absolute atomic E-state index is 0.0359. The molecule has 168 valence electrons. The monoisotopic (exact) mass is 443 g/mol. The molecule has 0 aromatic carbocycles. The second kappa shape index (κ2) is 8.85. The molecule has 4 heterocycles. The van der Waals surface area contributed by atoms with E-state index in [4.69, 9.17) is 0 Å². The molecule has 1 fully saturated rings. The minimum Gasteiger partial charge on any atom is -0.350 e. The predicted molar refractivity (Wildman–Crippen MR) is 124 cm³/mol. The summed E-state index contributed by atoms with van der Waals surface area (Å²) in [5, 5.41) is 15.5. The Morgan fingerprint density at radius 2 is 2.00 bits per heavy atom. The van der Waals surface area contributed by atoms with Crippen LogP contribution in [0.5, 0.6) is 0 Å².